The minimum atomic E-state index is -0.986. The zero-order valence-electron chi connectivity index (χ0n) is 6.46. The minimum absolute atomic E-state index is 0. The normalized spacial score (nSPS) is 12.2. The summed E-state index contributed by atoms with van der Waals surface area (Å²) in [5.41, 5.74) is 4.28. The van der Waals surface area contributed by atoms with Gasteiger partial charge >= 0.3 is 0 Å². The van der Waals surface area contributed by atoms with Crippen molar-refractivity contribution in [3.63, 3.8) is 0 Å². The Balaban J connectivity index is -0.000000245. The summed E-state index contributed by atoms with van der Waals surface area (Å²) in [6.45, 7) is -0.458. The summed E-state index contributed by atoms with van der Waals surface area (Å²) in [7, 11) is 0. The summed E-state index contributed by atoms with van der Waals surface area (Å²) in [6, 6.07) is 0. The fourth-order valence-electron chi connectivity index (χ4n) is 0. The molecule has 4 heteroatoms. The predicted molar refractivity (Wildman–Crippen MR) is 39.8 cm³/mol. The molecule has 0 bridgehead atoms. The maximum Gasteiger partial charge on any atom is 0.0605 e. The van der Waals surface area contributed by atoms with Gasteiger partial charge in [-0.1, -0.05) is 0 Å². The molecule has 0 saturated heterocycles. The van der Waals surface area contributed by atoms with Crippen LogP contribution in [0, 0.1) is 0 Å². The number of rotatable bonds is 1. The number of hydrogen-bond acceptors (Lipinski definition) is 2. The highest BCUT2D eigenvalue weighted by Gasteiger charge is 2.05. The highest BCUT2D eigenvalue weighted by Crippen LogP contribution is 1.89. The molecule has 0 heterocycles. The number of halogens is 2. The van der Waals surface area contributed by atoms with Crippen molar-refractivity contribution in [1.82, 2.24) is 0 Å². The first kappa shape index (κ1) is 8.50. The monoisotopic (exact) mass is 163 g/mol. The van der Waals surface area contributed by atoms with Crippen molar-refractivity contribution in [3.05, 3.63) is 0 Å². The van der Waals surface area contributed by atoms with Crippen LogP contribution in [0.2, 0.25) is 0 Å². The van der Waals surface area contributed by atoms with Crippen LogP contribution in [0.3, 0.4) is 0 Å². The molecule has 0 aliphatic heterocycles. The van der Waals surface area contributed by atoms with E-state index in [1.165, 1.54) is 0 Å². The van der Waals surface area contributed by atoms with Gasteiger partial charge in [0.15, 0.2) is 0 Å². The molecule has 0 amide bonds. The van der Waals surface area contributed by atoms with Crippen LogP contribution in [0.4, 0.5) is 0 Å². The average Bonchev–Trinajstić information content (AvgIpc) is 1.87. The second-order valence-electron chi connectivity index (χ2n) is 1.52. The van der Waals surface area contributed by atoms with Crippen molar-refractivity contribution in [3.8, 4) is 0 Å². The van der Waals surface area contributed by atoms with Crippen LogP contribution in [0.15, 0.2) is 0 Å². The van der Waals surface area contributed by atoms with Gasteiger partial charge in [0.2, 0.25) is 0 Å². The maximum atomic E-state index is 8.42. The first-order valence-corrected chi connectivity index (χ1v) is 1.67. The molecule has 8 heavy (non-hydrogen) atoms. The molecular formula is C4H13Cl2NO. The Morgan fingerprint density at radius 3 is 2.00 bits per heavy atom. The molecule has 0 aliphatic carbocycles. The lowest BCUT2D eigenvalue weighted by atomic mass is 10.1. The average molecular weight is 164 g/mol. The summed E-state index contributed by atoms with van der Waals surface area (Å²) >= 11 is 0. The van der Waals surface area contributed by atoms with Gasteiger partial charge in [0.25, 0.3) is 0 Å². The van der Waals surface area contributed by atoms with Gasteiger partial charge in [-0.05, 0) is 13.8 Å². The lowest BCUT2D eigenvalue weighted by molar-refractivity contribution is 0.221. The summed E-state index contributed by atoms with van der Waals surface area (Å²) < 4.78 is 13.5. The van der Waals surface area contributed by atoms with Gasteiger partial charge in [-0.3, -0.25) is 0 Å². The first-order chi connectivity index (χ1) is 3.68. The third-order valence-corrected chi connectivity index (χ3v) is 0.315. The minimum Gasteiger partial charge on any atom is -0.394 e. The molecule has 0 atom stereocenters. The topological polar surface area (TPSA) is 46.2 Å². The van der Waals surface area contributed by atoms with Gasteiger partial charge in [0.1, 0.15) is 0 Å². The van der Waals surface area contributed by atoms with Gasteiger partial charge in [0.05, 0.1) is 6.61 Å². The molecule has 0 rings (SSSR count). The molecule has 0 aromatic rings. The summed E-state index contributed by atoms with van der Waals surface area (Å²) in [4.78, 5) is 0. The lowest BCUT2D eigenvalue weighted by Crippen LogP contribution is -2.35. The lowest BCUT2D eigenvalue weighted by Gasteiger charge is -2.12. The molecule has 0 aromatic heterocycles. The molecule has 0 spiro atoms. The van der Waals surface area contributed by atoms with Crippen molar-refractivity contribution in [2.24, 2.45) is 5.73 Å². The van der Waals surface area contributed by atoms with E-state index in [2.05, 4.69) is 0 Å². The second kappa shape index (κ2) is 5.63. The highest BCUT2D eigenvalue weighted by atomic mass is 35.5. The Morgan fingerprint density at radius 2 is 2.00 bits per heavy atom. The number of nitrogens with two attached hydrogens (primary N) is 1. The van der Waals surface area contributed by atoms with Crippen LogP contribution in [-0.2, 0) is 0 Å². The predicted octanol–water partition coefficient (Wildman–Crippen LogP) is 0.560. The van der Waals surface area contributed by atoms with E-state index in [9.17, 15) is 0 Å². The molecule has 2 nitrogen and oxygen atoms in total. The zero-order chi connectivity index (χ0) is 6.62. The van der Waals surface area contributed by atoms with E-state index in [1.807, 2.05) is 0 Å². The maximum absolute atomic E-state index is 8.42. The van der Waals surface area contributed by atoms with Crippen LogP contribution in [-0.4, -0.2) is 17.3 Å². The number of hydrogen-bond donors (Lipinski definition) is 2. The highest BCUT2D eigenvalue weighted by molar-refractivity contribution is 5.85. The van der Waals surface area contributed by atoms with Gasteiger partial charge in [-0.15, -0.1) is 24.8 Å². The van der Waals surface area contributed by atoms with Crippen LogP contribution in [0.1, 0.15) is 16.5 Å². The molecule has 0 fully saturated rings. The Bertz CT molecular complexity index is 64.0. The summed E-state index contributed by atoms with van der Waals surface area (Å²) in [6.07, 6.45) is 0. The van der Waals surface area contributed by atoms with E-state index in [1.54, 1.807) is 0 Å². The smallest absolute Gasteiger partial charge is 0.0605 e. The number of aliphatic hydroxyl groups excluding tert-OH is 1. The quantitative estimate of drug-likeness (QED) is 0.594. The van der Waals surface area contributed by atoms with E-state index < -0.39 is 5.54 Å². The van der Waals surface area contributed by atoms with Crippen molar-refractivity contribution >= 4 is 24.8 Å². The summed E-state index contributed by atoms with van der Waals surface area (Å²) in [5, 5.41) is 8.42. The molecule has 54 valence electrons. The largest absolute Gasteiger partial charge is 0.394 e. The van der Waals surface area contributed by atoms with E-state index in [0.717, 1.165) is 0 Å². The third kappa shape index (κ3) is 16.1. The molecule has 0 saturated carbocycles. The molecule has 0 radical (unpaired) electrons. The fourth-order valence-corrected chi connectivity index (χ4v) is 0. The van der Waals surface area contributed by atoms with Crippen LogP contribution >= 0.6 is 24.8 Å². The SMILES string of the molecule is Cl.Cl.[2H]CC(N)(C[2H])CO. The van der Waals surface area contributed by atoms with E-state index in [0.29, 0.717) is 0 Å². The van der Waals surface area contributed by atoms with Crippen LogP contribution in [0.25, 0.3) is 0 Å². The molecular weight excluding hydrogens is 149 g/mol. The van der Waals surface area contributed by atoms with E-state index in [4.69, 9.17) is 13.6 Å². The van der Waals surface area contributed by atoms with Crippen LogP contribution < -0.4 is 5.73 Å². The first-order valence-electron chi connectivity index (χ1n) is 3.08. The molecule has 0 aromatic carbocycles. The molecule has 3 N–H and O–H groups in total. The Hall–Kier alpha value is 0.500. The molecule has 0 aliphatic rings. The fraction of sp³-hybridized carbons (Fsp3) is 1.00. The Morgan fingerprint density at radius 1 is 1.62 bits per heavy atom. The Kier molecular flexibility index (Phi) is 5.99. The molecule has 0 unspecified atom stereocenters. The van der Waals surface area contributed by atoms with Crippen molar-refractivity contribution < 1.29 is 7.85 Å². The second-order valence-corrected chi connectivity index (χ2v) is 1.52. The van der Waals surface area contributed by atoms with Crippen molar-refractivity contribution in [1.29, 1.82) is 0 Å². The summed E-state index contributed by atoms with van der Waals surface area (Å²) in [5.74, 6) is 0. The third-order valence-electron chi connectivity index (χ3n) is 0.315. The van der Waals surface area contributed by atoms with Gasteiger partial charge in [0, 0.05) is 8.28 Å². The van der Waals surface area contributed by atoms with Gasteiger partial charge in [-0.2, -0.15) is 0 Å². The van der Waals surface area contributed by atoms with Gasteiger partial charge < -0.3 is 10.8 Å². The van der Waals surface area contributed by atoms with Crippen molar-refractivity contribution in [2.45, 2.75) is 19.3 Å². The van der Waals surface area contributed by atoms with E-state index >= 15 is 0 Å². The van der Waals surface area contributed by atoms with Gasteiger partial charge in [-0.25, -0.2) is 0 Å². The van der Waals surface area contributed by atoms with Crippen LogP contribution in [0.5, 0.6) is 0 Å². The zero-order valence-corrected chi connectivity index (χ0v) is 6.10. The van der Waals surface area contributed by atoms with Crippen molar-refractivity contribution in [2.75, 3.05) is 6.61 Å². The number of aliphatic hydroxyl groups is 1. The Labute approximate surface area is 65.1 Å². The van der Waals surface area contributed by atoms with E-state index in [-0.39, 0.29) is 45.2 Å². The standard InChI is InChI=1S/C4H11NO.2ClH/c1-4(2,5)3-6;;/h6H,3,5H2,1-2H3;2*1H/i1D,2D;;.